The Morgan fingerprint density at radius 3 is 2.45 bits per heavy atom. The molecule has 5 heteroatoms. The van der Waals surface area contributed by atoms with E-state index >= 15 is 0 Å². The molecule has 1 aromatic heterocycles. The number of hydrogen-bond acceptors (Lipinski definition) is 3. The van der Waals surface area contributed by atoms with Crippen LogP contribution in [0, 0.1) is 10.7 Å². The van der Waals surface area contributed by atoms with Gasteiger partial charge < -0.3 is 19.0 Å². The summed E-state index contributed by atoms with van der Waals surface area (Å²) in [5.74, 6) is 2.19. The van der Waals surface area contributed by atoms with E-state index in [2.05, 4.69) is 16.5 Å². The zero-order chi connectivity index (χ0) is 14.3. The van der Waals surface area contributed by atoms with Crippen LogP contribution in [-0.2, 0) is 0 Å². The van der Waals surface area contributed by atoms with Crippen LogP contribution in [0.1, 0.15) is 32.2 Å². The van der Waals surface area contributed by atoms with Crippen LogP contribution in [0.15, 0.2) is 12.1 Å². The molecule has 0 aliphatic heterocycles. The van der Waals surface area contributed by atoms with E-state index in [1.165, 1.54) is 19.3 Å². The Hall–Kier alpha value is -1.49. The van der Waals surface area contributed by atoms with Crippen LogP contribution >= 0.6 is 12.2 Å². The average molecular weight is 292 g/mol. The second-order valence-electron chi connectivity index (χ2n) is 5.46. The molecular weight excluding hydrogens is 272 g/mol. The Kier molecular flexibility index (Phi) is 3.46. The molecule has 1 atom stereocenters. The molecule has 20 heavy (non-hydrogen) atoms. The maximum absolute atomic E-state index is 5.51. The molecule has 0 bridgehead atoms. The molecule has 0 amide bonds. The molecule has 1 aromatic carbocycles. The monoisotopic (exact) mass is 292 g/mol. The summed E-state index contributed by atoms with van der Waals surface area (Å²) >= 11 is 5.51. The van der Waals surface area contributed by atoms with E-state index in [9.17, 15) is 0 Å². The van der Waals surface area contributed by atoms with Gasteiger partial charge in [0.05, 0.1) is 25.3 Å². The zero-order valence-electron chi connectivity index (χ0n) is 12.1. The molecule has 0 spiro atoms. The highest BCUT2D eigenvalue weighted by molar-refractivity contribution is 7.71. The first-order valence-electron chi connectivity index (χ1n) is 7.02. The van der Waals surface area contributed by atoms with Gasteiger partial charge in [0.15, 0.2) is 16.3 Å². The first-order valence-corrected chi connectivity index (χ1v) is 7.42. The van der Waals surface area contributed by atoms with Gasteiger partial charge in [0.1, 0.15) is 0 Å². The third kappa shape index (κ3) is 2.00. The largest absolute Gasteiger partial charge is 0.493 e. The maximum atomic E-state index is 5.51. The molecule has 0 radical (unpaired) electrons. The highest BCUT2D eigenvalue weighted by atomic mass is 32.1. The lowest BCUT2D eigenvalue weighted by Gasteiger charge is -2.32. The SMILES string of the molecule is COc1cc2[nH]c(=S)n(C(C)C3CCC3)c2cc1OC. The van der Waals surface area contributed by atoms with Crippen molar-refractivity contribution in [3.63, 3.8) is 0 Å². The molecule has 2 aromatic rings. The fourth-order valence-corrected chi connectivity index (χ4v) is 3.36. The summed E-state index contributed by atoms with van der Waals surface area (Å²) in [5.41, 5.74) is 2.09. The van der Waals surface area contributed by atoms with Gasteiger partial charge in [-0.2, -0.15) is 0 Å². The summed E-state index contributed by atoms with van der Waals surface area (Å²) in [5, 5.41) is 0. The van der Waals surface area contributed by atoms with Gasteiger partial charge in [0.2, 0.25) is 0 Å². The third-order valence-electron chi connectivity index (χ3n) is 4.46. The molecule has 1 aliphatic rings. The number of nitrogens with zero attached hydrogens (tertiary/aromatic N) is 1. The number of ether oxygens (including phenoxy) is 2. The first kappa shape index (κ1) is 13.5. The third-order valence-corrected chi connectivity index (χ3v) is 4.76. The van der Waals surface area contributed by atoms with Crippen LogP contribution in [0.25, 0.3) is 11.0 Å². The minimum atomic E-state index is 0.420. The highest BCUT2D eigenvalue weighted by Gasteiger charge is 2.27. The lowest BCUT2D eigenvalue weighted by molar-refractivity contribution is 0.224. The van der Waals surface area contributed by atoms with Gasteiger partial charge in [-0.15, -0.1) is 0 Å². The number of methoxy groups -OCH3 is 2. The highest BCUT2D eigenvalue weighted by Crippen LogP contribution is 2.39. The zero-order valence-corrected chi connectivity index (χ0v) is 12.9. The van der Waals surface area contributed by atoms with Crippen LogP contribution < -0.4 is 9.47 Å². The van der Waals surface area contributed by atoms with E-state index in [1.54, 1.807) is 14.2 Å². The van der Waals surface area contributed by atoms with Crippen molar-refractivity contribution in [3.05, 3.63) is 16.9 Å². The fraction of sp³-hybridized carbons (Fsp3) is 0.533. The van der Waals surface area contributed by atoms with Gasteiger partial charge in [-0.05, 0) is 37.9 Å². The van der Waals surface area contributed by atoms with E-state index in [-0.39, 0.29) is 0 Å². The normalized spacial score (nSPS) is 16.9. The summed E-state index contributed by atoms with van der Waals surface area (Å²) in [6, 6.07) is 4.38. The quantitative estimate of drug-likeness (QED) is 0.863. The lowest BCUT2D eigenvalue weighted by atomic mass is 9.80. The number of aromatic nitrogens is 2. The van der Waals surface area contributed by atoms with E-state index in [0.717, 1.165) is 33.2 Å². The molecule has 0 saturated heterocycles. The van der Waals surface area contributed by atoms with Crippen molar-refractivity contribution in [1.82, 2.24) is 9.55 Å². The summed E-state index contributed by atoms with van der Waals surface area (Å²) in [6.45, 7) is 2.25. The number of H-pyrrole nitrogens is 1. The molecule has 4 nitrogen and oxygen atoms in total. The Morgan fingerprint density at radius 2 is 1.90 bits per heavy atom. The van der Waals surface area contributed by atoms with Crippen molar-refractivity contribution in [2.24, 2.45) is 5.92 Å². The Labute approximate surface area is 123 Å². The van der Waals surface area contributed by atoms with Crippen molar-refractivity contribution in [3.8, 4) is 11.5 Å². The molecule has 1 N–H and O–H groups in total. The second-order valence-corrected chi connectivity index (χ2v) is 5.84. The van der Waals surface area contributed by atoms with Crippen molar-refractivity contribution >= 4 is 23.3 Å². The van der Waals surface area contributed by atoms with E-state index in [1.807, 2.05) is 12.1 Å². The van der Waals surface area contributed by atoms with Gasteiger partial charge >= 0.3 is 0 Å². The number of imidazole rings is 1. The van der Waals surface area contributed by atoms with Gasteiger partial charge in [-0.3, -0.25) is 0 Å². The summed E-state index contributed by atoms with van der Waals surface area (Å²) in [6.07, 6.45) is 3.92. The number of rotatable bonds is 4. The van der Waals surface area contributed by atoms with Gasteiger partial charge in [0.25, 0.3) is 0 Å². The number of nitrogens with one attached hydrogen (secondary N) is 1. The second kappa shape index (κ2) is 5.13. The summed E-state index contributed by atoms with van der Waals surface area (Å²) in [4.78, 5) is 3.28. The van der Waals surface area contributed by atoms with Crippen LogP contribution in [0.5, 0.6) is 11.5 Å². The minimum Gasteiger partial charge on any atom is -0.493 e. The predicted molar refractivity (Wildman–Crippen MR) is 82.3 cm³/mol. The van der Waals surface area contributed by atoms with Gasteiger partial charge in [0, 0.05) is 18.2 Å². The fourth-order valence-electron chi connectivity index (χ4n) is 2.99. The number of aromatic amines is 1. The van der Waals surface area contributed by atoms with Crippen molar-refractivity contribution in [2.75, 3.05) is 14.2 Å². The Bertz CT molecular complexity index is 685. The molecule has 108 valence electrons. The Morgan fingerprint density at radius 1 is 1.25 bits per heavy atom. The van der Waals surface area contributed by atoms with Crippen molar-refractivity contribution < 1.29 is 9.47 Å². The smallest absolute Gasteiger partial charge is 0.178 e. The molecule has 1 fully saturated rings. The van der Waals surface area contributed by atoms with Crippen LogP contribution in [0.2, 0.25) is 0 Å². The number of hydrogen-bond donors (Lipinski definition) is 1. The van der Waals surface area contributed by atoms with Crippen molar-refractivity contribution in [1.29, 1.82) is 0 Å². The number of fused-ring (bicyclic) bond motifs is 1. The first-order chi connectivity index (χ1) is 9.65. The minimum absolute atomic E-state index is 0.420. The molecular formula is C15H20N2O2S. The average Bonchev–Trinajstić information content (AvgIpc) is 2.69. The lowest BCUT2D eigenvalue weighted by Crippen LogP contribution is -2.22. The summed E-state index contributed by atoms with van der Waals surface area (Å²) < 4.78 is 13.7. The molecule has 1 heterocycles. The van der Waals surface area contributed by atoms with Crippen molar-refractivity contribution in [2.45, 2.75) is 32.2 Å². The maximum Gasteiger partial charge on any atom is 0.178 e. The topological polar surface area (TPSA) is 39.2 Å². The van der Waals surface area contributed by atoms with Crippen LogP contribution in [0.3, 0.4) is 0 Å². The molecule has 1 unspecified atom stereocenters. The van der Waals surface area contributed by atoms with Crippen LogP contribution in [0.4, 0.5) is 0 Å². The van der Waals surface area contributed by atoms with Gasteiger partial charge in [-0.1, -0.05) is 6.42 Å². The Balaban J connectivity index is 2.16. The predicted octanol–water partition coefficient (Wildman–Crippen LogP) is 4.08. The van der Waals surface area contributed by atoms with E-state index in [0.29, 0.717) is 6.04 Å². The molecule has 3 rings (SSSR count). The molecule has 1 saturated carbocycles. The van der Waals surface area contributed by atoms with Gasteiger partial charge in [-0.25, -0.2) is 0 Å². The van der Waals surface area contributed by atoms with Crippen LogP contribution in [-0.4, -0.2) is 23.8 Å². The number of benzene rings is 1. The molecule has 1 aliphatic carbocycles. The van der Waals surface area contributed by atoms with E-state index < -0.39 is 0 Å². The standard InChI is InChI=1S/C15H20N2O2S/c1-9(10-5-4-6-10)17-12-8-14(19-3)13(18-2)7-11(12)16-15(17)20/h7-10H,4-6H2,1-3H3,(H,16,20). The van der Waals surface area contributed by atoms with E-state index in [4.69, 9.17) is 21.7 Å². The summed E-state index contributed by atoms with van der Waals surface area (Å²) in [7, 11) is 3.30.